The highest BCUT2D eigenvalue weighted by atomic mass is 14.8. The molecular formula is C15H24. The Labute approximate surface area is 94.1 Å². The van der Waals surface area contributed by atoms with Crippen LogP contribution < -0.4 is 0 Å². The Morgan fingerprint density at radius 2 is 1.93 bits per heavy atom. The fourth-order valence-corrected chi connectivity index (χ4v) is 5.22. The number of allylic oxidation sites excluding steroid dienone is 2. The van der Waals surface area contributed by atoms with Crippen LogP contribution in [0.2, 0.25) is 0 Å². The van der Waals surface area contributed by atoms with Gasteiger partial charge in [-0.05, 0) is 54.8 Å². The maximum atomic E-state index is 2.57. The van der Waals surface area contributed by atoms with Gasteiger partial charge >= 0.3 is 0 Å². The zero-order valence-electron chi connectivity index (χ0n) is 10.7. The van der Waals surface area contributed by atoms with Crippen molar-refractivity contribution in [1.29, 1.82) is 0 Å². The molecule has 0 aromatic heterocycles. The summed E-state index contributed by atoms with van der Waals surface area (Å²) in [7, 11) is 0. The second-order valence-electron chi connectivity index (χ2n) is 7.18. The van der Waals surface area contributed by atoms with Crippen LogP contribution in [0, 0.1) is 22.2 Å². The summed E-state index contributed by atoms with van der Waals surface area (Å²) in [6.07, 6.45) is 9.74. The molecule has 0 amide bonds. The second kappa shape index (κ2) is 2.52. The van der Waals surface area contributed by atoms with Crippen LogP contribution in [0.15, 0.2) is 11.6 Å². The summed E-state index contributed by atoms with van der Waals surface area (Å²) in [5.74, 6) is 0.937. The average molecular weight is 204 g/mol. The molecular weight excluding hydrogens is 180 g/mol. The summed E-state index contributed by atoms with van der Waals surface area (Å²) < 4.78 is 0. The van der Waals surface area contributed by atoms with E-state index in [1.165, 1.54) is 32.1 Å². The van der Waals surface area contributed by atoms with E-state index in [0.29, 0.717) is 16.2 Å². The molecule has 0 aromatic carbocycles. The van der Waals surface area contributed by atoms with Gasteiger partial charge in [-0.25, -0.2) is 0 Å². The first kappa shape index (κ1) is 9.93. The second-order valence-corrected chi connectivity index (χ2v) is 7.18. The van der Waals surface area contributed by atoms with Crippen molar-refractivity contribution < 1.29 is 0 Å². The van der Waals surface area contributed by atoms with E-state index in [1.807, 2.05) is 0 Å². The fraction of sp³-hybridized carbons (Fsp3) is 0.867. The molecule has 0 bridgehead atoms. The summed E-state index contributed by atoms with van der Waals surface area (Å²) in [6.45, 7) is 9.99. The smallest absolute Gasteiger partial charge is 0.0118 e. The molecule has 1 unspecified atom stereocenters. The molecule has 1 spiro atoms. The minimum atomic E-state index is 0.584. The van der Waals surface area contributed by atoms with Crippen LogP contribution in [0.5, 0.6) is 0 Å². The van der Waals surface area contributed by atoms with Crippen LogP contribution in [-0.2, 0) is 0 Å². The van der Waals surface area contributed by atoms with Crippen molar-refractivity contribution in [2.45, 2.75) is 59.8 Å². The van der Waals surface area contributed by atoms with Gasteiger partial charge in [0, 0.05) is 0 Å². The third-order valence-electron chi connectivity index (χ3n) is 6.20. The molecule has 0 N–H and O–H groups in total. The van der Waals surface area contributed by atoms with E-state index in [-0.39, 0.29) is 0 Å². The lowest BCUT2D eigenvalue weighted by atomic mass is 9.50. The van der Waals surface area contributed by atoms with Crippen molar-refractivity contribution in [2.75, 3.05) is 0 Å². The molecule has 15 heavy (non-hydrogen) atoms. The zero-order chi connectivity index (χ0) is 10.9. The summed E-state index contributed by atoms with van der Waals surface area (Å²) in [4.78, 5) is 0. The highest BCUT2D eigenvalue weighted by Gasteiger charge is 2.72. The lowest BCUT2D eigenvalue weighted by Gasteiger charge is -2.54. The molecule has 3 atom stereocenters. The average Bonchev–Trinajstić information content (AvgIpc) is 2.88. The highest BCUT2D eigenvalue weighted by Crippen LogP contribution is 2.80. The van der Waals surface area contributed by atoms with E-state index in [1.54, 1.807) is 5.57 Å². The molecule has 2 saturated carbocycles. The molecule has 3 rings (SSSR count). The van der Waals surface area contributed by atoms with E-state index in [0.717, 1.165) is 5.92 Å². The molecule has 3 aliphatic carbocycles. The van der Waals surface area contributed by atoms with Gasteiger partial charge in [0.25, 0.3) is 0 Å². The molecule has 84 valence electrons. The van der Waals surface area contributed by atoms with Crippen molar-refractivity contribution in [1.82, 2.24) is 0 Å². The zero-order valence-corrected chi connectivity index (χ0v) is 10.7. The van der Waals surface area contributed by atoms with Gasteiger partial charge in [0.05, 0.1) is 0 Å². The minimum absolute atomic E-state index is 0.584. The quantitative estimate of drug-likeness (QED) is 0.507. The Kier molecular flexibility index (Phi) is 1.67. The molecule has 0 aliphatic heterocycles. The van der Waals surface area contributed by atoms with Crippen molar-refractivity contribution >= 4 is 0 Å². The summed E-state index contributed by atoms with van der Waals surface area (Å²) in [5.41, 5.74) is 3.58. The molecule has 0 heterocycles. The van der Waals surface area contributed by atoms with Crippen LogP contribution in [0.25, 0.3) is 0 Å². The monoisotopic (exact) mass is 204 g/mol. The summed E-state index contributed by atoms with van der Waals surface area (Å²) in [6, 6.07) is 0. The summed E-state index contributed by atoms with van der Waals surface area (Å²) in [5, 5.41) is 0. The van der Waals surface area contributed by atoms with Gasteiger partial charge in [0.1, 0.15) is 0 Å². The van der Waals surface area contributed by atoms with E-state index >= 15 is 0 Å². The van der Waals surface area contributed by atoms with Crippen molar-refractivity contribution in [3.05, 3.63) is 11.6 Å². The van der Waals surface area contributed by atoms with Crippen LogP contribution >= 0.6 is 0 Å². The molecule has 0 aromatic rings. The van der Waals surface area contributed by atoms with E-state index < -0.39 is 0 Å². The van der Waals surface area contributed by atoms with Gasteiger partial charge in [-0.3, -0.25) is 0 Å². The highest BCUT2D eigenvalue weighted by molar-refractivity contribution is 5.33. The van der Waals surface area contributed by atoms with Crippen molar-refractivity contribution in [3.8, 4) is 0 Å². The molecule has 0 nitrogen and oxygen atoms in total. The predicted molar refractivity (Wildman–Crippen MR) is 64.7 cm³/mol. The van der Waals surface area contributed by atoms with Gasteiger partial charge < -0.3 is 0 Å². The Bertz CT molecular complexity index is 336. The van der Waals surface area contributed by atoms with Crippen molar-refractivity contribution in [3.63, 3.8) is 0 Å². The molecule has 3 aliphatic rings. The minimum Gasteiger partial charge on any atom is -0.0847 e. The third kappa shape index (κ3) is 0.946. The van der Waals surface area contributed by atoms with Crippen molar-refractivity contribution in [2.24, 2.45) is 22.2 Å². The normalized spacial score (nSPS) is 51.5. The predicted octanol–water partition coefficient (Wildman–Crippen LogP) is 4.56. The van der Waals surface area contributed by atoms with Crippen LogP contribution in [0.4, 0.5) is 0 Å². The topological polar surface area (TPSA) is 0 Å². The Balaban J connectivity index is 2.10. The van der Waals surface area contributed by atoms with E-state index in [4.69, 9.17) is 0 Å². The Morgan fingerprint density at radius 3 is 2.67 bits per heavy atom. The lowest BCUT2D eigenvalue weighted by Crippen LogP contribution is -2.46. The molecule has 2 fully saturated rings. The number of hydrogen-bond donors (Lipinski definition) is 0. The molecule has 0 heteroatoms. The van der Waals surface area contributed by atoms with E-state index in [9.17, 15) is 0 Å². The van der Waals surface area contributed by atoms with Gasteiger partial charge in [-0.1, -0.05) is 38.8 Å². The van der Waals surface area contributed by atoms with Gasteiger partial charge in [-0.2, -0.15) is 0 Å². The Morgan fingerprint density at radius 1 is 1.20 bits per heavy atom. The Hall–Kier alpha value is -0.260. The van der Waals surface area contributed by atoms with Gasteiger partial charge in [0.2, 0.25) is 0 Å². The van der Waals surface area contributed by atoms with Gasteiger partial charge in [-0.15, -0.1) is 0 Å². The SMILES string of the molecule is CC1=CC[C@]2(C)CCCC(C)(C)C23C[C@H]13. The van der Waals surface area contributed by atoms with Crippen LogP contribution in [-0.4, -0.2) is 0 Å². The number of rotatable bonds is 0. The largest absolute Gasteiger partial charge is 0.0847 e. The third-order valence-corrected chi connectivity index (χ3v) is 6.20. The summed E-state index contributed by atoms with van der Waals surface area (Å²) >= 11 is 0. The van der Waals surface area contributed by atoms with Gasteiger partial charge in [0.15, 0.2) is 0 Å². The van der Waals surface area contributed by atoms with Crippen LogP contribution in [0.3, 0.4) is 0 Å². The first-order chi connectivity index (χ1) is 6.93. The fourth-order valence-electron chi connectivity index (χ4n) is 5.22. The van der Waals surface area contributed by atoms with E-state index in [2.05, 4.69) is 33.8 Å². The maximum Gasteiger partial charge on any atom is -0.0118 e. The first-order valence-electron chi connectivity index (χ1n) is 6.60. The molecule has 0 saturated heterocycles. The number of hydrogen-bond acceptors (Lipinski definition) is 0. The first-order valence-corrected chi connectivity index (χ1v) is 6.60. The standard InChI is InChI=1S/C15H24/c1-11-6-9-14(4)8-5-7-13(2,3)15(14)10-12(11)15/h6,12H,5,7-10H2,1-4H3/t12-,14+,15?/m1/s1. The lowest BCUT2D eigenvalue weighted by molar-refractivity contribution is -0.0346. The van der Waals surface area contributed by atoms with Crippen LogP contribution in [0.1, 0.15) is 59.8 Å². The maximum absolute atomic E-state index is 2.57. The molecule has 0 radical (unpaired) electrons.